The van der Waals surface area contributed by atoms with Crippen LogP contribution in [-0.4, -0.2) is 41.8 Å². The zero-order valence-electron chi connectivity index (χ0n) is 18.4. The number of hydrogen-bond acceptors (Lipinski definition) is 4. The molecule has 2 rings (SSSR count). The molecule has 1 heterocycles. The zero-order chi connectivity index (χ0) is 23.7. The van der Waals surface area contributed by atoms with Gasteiger partial charge in [-0.3, -0.25) is 19.4 Å². The first-order chi connectivity index (χ1) is 15.2. The number of anilines is 1. The van der Waals surface area contributed by atoms with Crippen molar-refractivity contribution in [1.82, 2.24) is 15.6 Å². The number of halogens is 2. The Labute approximate surface area is 186 Å². The van der Waals surface area contributed by atoms with Crippen molar-refractivity contribution in [3.8, 4) is 0 Å². The summed E-state index contributed by atoms with van der Waals surface area (Å²) in [4.78, 5) is 43.2. The van der Waals surface area contributed by atoms with Gasteiger partial charge in [0.2, 0.25) is 17.7 Å². The molecule has 0 spiro atoms. The molecule has 0 fully saturated rings. The van der Waals surface area contributed by atoms with E-state index in [1.54, 1.807) is 31.6 Å². The number of hydrogen-bond donors (Lipinski definition) is 2. The lowest BCUT2D eigenvalue weighted by molar-refractivity contribution is -0.131. The number of unbranched alkanes of at least 4 members (excludes halogenated alkanes) is 1. The van der Waals surface area contributed by atoms with Gasteiger partial charge in [-0.25, -0.2) is 8.78 Å². The summed E-state index contributed by atoms with van der Waals surface area (Å²) in [6, 6.07) is 4.50. The van der Waals surface area contributed by atoms with Crippen LogP contribution in [0.3, 0.4) is 0 Å². The maximum atomic E-state index is 13.3. The average Bonchev–Trinajstić information content (AvgIpc) is 2.75. The van der Waals surface area contributed by atoms with Crippen molar-refractivity contribution in [2.24, 2.45) is 0 Å². The number of amides is 3. The van der Waals surface area contributed by atoms with E-state index >= 15 is 0 Å². The van der Waals surface area contributed by atoms with Crippen molar-refractivity contribution >= 4 is 23.4 Å². The zero-order valence-corrected chi connectivity index (χ0v) is 18.4. The van der Waals surface area contributed by atoms with E-state index in [9.17, 15) is 23.2 Å². The van der Waals surface area contributed by atoms with Crippen LogP contribution in [0.5, 0.6) is 0 Å². The number of rotatable bonds is 10. The smallest absolute Gasteiger partial charge is 0.249 e. The van der Waals surface area contributed by atoms with Crippen molar-refractivity contribution < 1.29 is 23.2 Å². The van der Waals surface area contributed by atoms with Crippen molar-refractivity contribution in [2.45, 2.75) is 51.6 Å². The van der Waals surface area contributed by atoms with Gasteiger partial charge in [0.25, 0.3) is 0 Å². The monoisotopic (exact) mass is 446 g/mol. The molecule has 9 heteroatoms. The standard InChI is InChI=1S/C23H28F2N4O3/c1-4-5-6-20(23(32)29(3)19-7-9-26-10-8-19)28-22(31)15(2)27-21(30)13-16-11-17(24)14-18(25)12-16/h7-12,14-15,20H,4-6,13H2,1-3H3,(H,27,30)(H,28,31)/t15-,20-/m0/s1. The Balaban J connectivity index is 1.99. The third kappa shape index (κ3) is 7.40. The molecule has 0 saturated carbocycles. The van der Waals surface area contributed by atoms with Crippen LogP contribution in [0.15, 0.2) is 42.7 Å². The van der Waals surface area contributed by atoms with Crippen molar-refractivity contribution in [3.63, 3.8) is 0 Å². The molecule has 0 radical (unpaired) electrons. The number of nitrogens with zero attached hydrogens (tertiary/aromatic N) is 2. The van der Waals surface area contributed by atoms with E-state index < -0.39 is 35.5 Å². The minimum absolute atomic E-state index is 0.155. The largest absolute Gasteiger partial charge is 0.344 e. The van der Waals surface area contributed by atoms with Crippen LogP contribution in [0.4, 0.5) is 14.5 Å². The second kappa shape index (κ2) is 11.9. The van der Waals surface area contributed by atoms with Gasteiger partial charge in [0.15, 0.2) is 0 Å². The van der Waals surface area contributed by atoms with E-state index in [4.69, 9.17) is 0 Å². The van der Waals surface area contributed by atoms with Crippen molar-refractivity contribution in [1.29, 1.82) is 0 Å². The number of carbonyl (C=O) groups excluding carboxylic acids is 3. The van der Waals surface area contributed by atoms with Gasteiger partial charge in [-0.1, -0.05) is 19.8 Å². The molecule has 2 atom stereocenters. The van der Waals surface area contributed by atoms with E-state index in [0.717, 1.165) is 25.0 Å². The molecule has 0 bridgehead atoms. The molecular formula is C23H28F2N4O3. The molecule has 172 valence electrons. The Morgan fingerprint density at radius 1 is 1.06 bits per heavy atom. The second-order valence-corrected chi connectivity index (χ2v) is 7.55. The van der Waals surface area contributed by atoms with E-state index in [1.807, 2.05) is 6.92 Å². The number of nitrogens with one attached hydrogen (secondary N) is 2. The maximum absolute atomic E-state index is 13.3. The lowest BCUT2D eigenvalue weighted by Crippen LogP contribution is -2.53. The molecule has 0 aliphatic heterocycles. The van der Waals surface area contributed by atoms with Gasteiger partial charge in [-0.2, -0.15) is 0 Å². The molecular weight excluding hydrogens is 418 g/mol. The maximum Gasteiger partial charge on any atom is 0.249 e. The van der Waals surface area contributed by atoms with Crippen LogP contribution in [0.1, 0.15) is 38.7 Å². The highest BCUT2D eigenvalue weighted by Gasteiger charge is 2.27. The van der Waals surface area contributed by atoms with Crippen molar-refractivity contribution in [2.75, 3.05) is 11.9 Å². The van der Waals surface area contributed by atoms with Crippen molar-refractivity contribution in [3.05, 3.63) is 59.9 Å². The molecule has 2 aromatic rings. The van der Waals surface area contributed by atoms with Gasteiger partial charge in [0.05, 0.1) is 6.42 Å². The van der Waals surface area contributed by atoms with Gasteiger partial charge < -0.3 is 15.5 Å². The molecule has 3 amide bonds. The van der Waals surface area contributed by atoms with Crippen LogP contribution in [0.2, 0.25) is 0 Å². The number of likely N-dealkylation sites (N-methyl/N-ethyl adjacent to an activating group) is 1. The highest BCUT2D eigenvalue weighted by Crippen LogP contribution is 2.14. The van der Waals surface area contributed by atoms with Crippen LogP contribution >= 0.6 is 0 Å². The summed E-state index contributed by atoms with van der Waals surface area (Å²) in [6.07, 6.45) is 4.87. The summed E-state index contributed by atoms with van der Waals surface area (Å²) in [6.45, 7) is 3.46. The average molecular weight is 446 g/mol. The summed E-state index contributed by atoms with van der Waals surface area (Å²) >= 11 is 0. The van der Waals surface area contributed by atoms with E-state index in [2.05, 4.69) is 15.6 Å². The Morgan fingerprint density at radius 2 is 1.69 bits per heavy atom. The van der Waals surface area contributed by atoms with Gasteiger partial charge in [-0.05, 0) is 43.2 Å². The SMILES string of the molecule is CCCC[C@H](NC(=O)[C@H](C)NC(=O)Cc1cc(F)cc(F)c1)C(=O)N(C)c1ccncc1. The Bertz CT molecular complexity index is 920. The Kier molecular flexibility index (Phi) is 9.24. The quantitative estimate of drug-likeness (QED) is 0.587. The highest BCUT2D eigenvalue weighted by atomic mass is 19.1. The summed E-state index contributed by atoms with van der Waals surface area (Å²) in [5.74, 6) is -2.94. The summed E-state index contributed by atoms with van der Waals surface area (Å²) in [5.41, 5.74) is 0.798. The van der Waals surface area contributed by atoms with Gasteiger partial charge >= 0.3 is 0 Å². The molecule has 32 heavy (non-hydrogen) atoms. The second-order valence-electron chi connectivity index (χ2n) is 7.55. The van der Waals surface area contributed by atoms with Gasteiger partial charge in [0, 0.05) is 31.2 Å². The topological polar surface area (TPSA) is 91.4 Å². The van der Waals surface area contributed by atoms with Crippen LogP contribution in [-0.2, 0) is 20.8 Å². The third-order valence-electron chi connectivity index (χ3n) is 4.90. The molecule has 0 unspecified atom stereocenters. The van der Waals surface area contributed by atoms with Crippen LogP contribution in [0.25, 0.3) is 0 Å². The number of carbonyl (C=O) groups is 3. The van der Waals surface area contributed by atoms with Gasteiger partial charge in [0.1, 0.15) is 23.7 Å². The first-order valence-electron chi connectivity index (χ1n) is 10.4. The molecule has 0 aliphatic rings. The normalized spacial score (nSPS) is 12.5. The minimum Gasteiger partial charge on any atom is -0.344 e. The fraction of sp³-hybridized carbons (Fsp3) is 0.391. The minimum atomic E-state index is -0.941. The molecule has 7 nitrogen and oxygen atoms in total. The van der Waals surface area contributed by atoms with E-state index in [0.29, 0.717) is 18.2 Å². The first-order valence-corrected chi connectivity index (χ1v) is 10.4. The van der Waals surface area contributed by atoms with E-state index in [1.165, 1.54) is 11.8 Å². The highest BCUT2D eigenvalue weighted by molar-refractivity contribution is 5.99. The lowest BCUT2D eigenvalue weighted by atomic mass is 10.1. The predicted molar refractivity (Wildman–Crippen MR) is 117 cm³/mol. The molecule has 0 saturated heterocycles. The summed E-state index contributed by atoms with van der Waals surface area (Å²) in [5, 5.41) is 5.21. The molecule has 0 aliphatic carbocycles. The summed E-state index contributed by atoms with van der Waals surface area (Å²) < 4.78 is 26.6. The first kappa shape index (κ1) is 24.9. The summed E-state index contributed by atoms with van der Waals surface area (Å²) in [7, 11) is 1.62. The van der Waals surface area contributed by atoms with Gasteiger partial charge in [-0.15, -0.1) is 0 Å². The number of pyridine rings is 1. The lowest BCUT2D eigenvalue weighted by Gasteiger charge is -2.26. The van der Waals surface area contributed by atoms with Crippen LogP contribution in [0, 0.1) is 11.6 Å². The fourth-order valence-corrected chi connectivity index (χ4v) is 3.15. The Morgan fingerprint density at radius 3 is 2.28 bits per heavy atom. The number of benzene rings is 1. The molecule has 1 aromatic carbocycles. The predicted octanol–water partition coefficient (Wildman–Crippen LogP) is 2.75. The Hall–Kier alpha value is -3.36. The number of aromatic nitrogens is 1. The molecule has 1 aromatic heterocycles. The fourth-order valence-electron chi connectivity index (χ4n) is 3.15. The third-order valence-corrected chi connectivity index (χ3v) is 4.90. The molecule has 2 N–H and O–H groups in total. The van der Waals surface area contributed by atoms with E-state index in [-0.39, 0.29) is 17.9 Å². The van der Waals surface area contributed by atoms with Crippen LogP contribution < -0.4 is 15.5 Å².